The largest absolute Gasteiger partial charge is 0.353 e. The first-order valence-electron chi connectivity index (χ1n) is 10.3. The van der Waals surface area contributed by atoms with Gasteiger partial charge in [-0.3, -0.25) is 14.9 Å². The molecule has 1 saturated heterocycles. The number of carbonyl (C=O) groups excluding carboxylic acids is 1. The quantitative estimate of drug-likeness (QED) is 0.536. The Kier molecular flexibility index (Phi) is 6.64. The van der Waals surface area contributed by atoms with Crippen molar-refractivity contribution in [3.05, 3.63) is 57.0 Å². The van der Waals surface area contributed by atoms with Gasteiger partial charge < -0.3 is 9.80 Å². The van der Waals surface area contributed by atoms with E-state index < -0.39 is 4.92 Å². The summed E-state index contributed by atoms with van der Waals surface area (Å²) in [5, 5.41) is 10.9. The number of amides is 1. The highest BCUT2D eigenvalue weighted by atomic mass is 16.6. The summed E-state index contributed by atoms with van der Waals surface area (Å²) >= 11 is 0. The van der Waals surface area contributed by atoms with Gasteiger partial charge in [-0.05, 0) is 18.4 Å². The third-order valence-electron chi connectivity index (χ3n) is 5.38. The molecule has 0 atom stereocenters. The van der Waals surface area contributed by atoms with Crippen molar-refractivity contribution >= 4 is 17.4 Å². The van der Waals surface area contributed by atoms with Crippen LogP contribution in [-0.2, 0) is 17.6 Å². The third kappa shape index (κ3) is 5.11. The topological polar surface area (TPSA) is 92.5 Å². The summed E-state index contributed by atoms with van der Waals surface area (Å²) < 4.78 is 0. The summed E-state index contributed by atoms with van der Waals surface area (Å²) in [6, 6.07) is 6.64. The molecule has 1 aliphatic rings. The second kappa shape index (κ2) is 9.19. The van der Waals surface area contributed by atoms with Crippen LogP contribution in [0.15, 0.2) is 24.3 Å². The molecule has 8 nitrogen and oxygen atoms in total. The van der Waals surface area contributed by atoms with E-state index in [0.717, 1.165) is 48.0 Å². The summed E-state index contributed by atoms with van der Waals surface area (Å²) in [4.78, 5) is 36.0. The second-order valence-electron chi connectivity index (χ2n) is 8.22. The number of aryl methyl sites for hydroxylation is 1. The fourth-order valence-electron chi connectivity index (χ4n) is 3.74. The van der Waals surface area contributed by atoms with E-state index >= 15 is 0 Å². The normalized spacial score (nSPS) is 14.3. The predicted molar refractivity (Wildman–Crippen MR) is 116 cm³/mol. The Morgan fingerprint density at radius 2 is 1.77 bits per heavy atom. The van der Waals surface area contributed by atoms with Gasteiger partial charge in [-0.15, -0.1) is 0 Å². The monoisotopic (exact) mass is 411 g/mol. The molecule has 0 aliphatic carbocycles. The number of aromatic nitrogens is 2. The summed E-state index contributed by atoms with van der Waals surface area (Å²) in [5.41, 5.74) is 3.03. The second-order valence-corrected chi connectivity index (χ2v) is 8.22. The number of non-ortho nitro benzene ring substituents is 1. The average Bonchev–Trinajstić information content (AvgIpc) is 2.69. The molecule has 2 heterocycles. The Labute approximate surface area is 177 Å². The Hall–Kier alpha value is -3.03. The number of nitro groups is 1. The average molecular weight is 412 g/mol. The molecule has 1 aliphatic heterocycles. The van der Waals surface area contributed by atoms with Gasteiger partial charge in [0.2, 0.25) is 5.91 Å². The van der Waals surface area contributed by atoms with Gasteiger partial charge in [0.15, 0.2) is 0 Å². The van der Waals surface area contributed by atoms with Crippen LogP contribution in [0.1, 0.15) is 43.4 Å². The van der Waals surface area contributed by atoms with E-state index in [0.29, 0.717) is 25.4 Å². The molecule has 0 unspecified atom stereocenters. The molecule has 8 heteroatoms. The van der Waals surface area contributed by atoms with Crippen molar-refractivity contribution in [2.24, 2.45) is 5.92 Å². The van der Waals surface area contributed by atoms with Crippen molar-refractivity contribution in [1.82, 2.24) is 14.9 Å². The van der Waals surface area contributed by atoms with E-state index in [1.54, 1.807) is 19.1 Å². The van der Waals surface area contributed by atoms with Crippen LogP contribution in [0, 0.1) is 23.0 Å². The van der Waals surface area contributed by atoms with Crippen molar-refractivity contribution in [3.63, 3.8) is 0 Å². The van der Waals surface area contributed by atoms with Gasteiger partial charge in [-0.1, -0.05) is 26.0 Å². The molecule has 1 amide bonds. The van der Waals surface area contributed by atoms with Gasteiger partial charge >= 0.3 is 0 Å². The van der Waals surface area contributed by atoms with E-state index in [-0.39, 0.29) is 11.6 Å². The number of hydrogen-bond donors (Lipinski definition) is 0. The zero-order chi connectivity index (χ0) is 21.8. The number of nitro benzene ring substituents is 1. The first kappa shape index (κ1) is 21.7. The van der Waals surface area contributed by atoms with Crippen LogP contribution in [-0.4, -0.2) is 51.9 Å². The van der Waals surface area contributed by atoms with Crippen LogP contribution in [0.2, 0.25) is 0 Å². The molecule has 3 rings (SSSR count). The Balaban J connectivity index is 1.92. The van der Waals surface area contributed by atoms with Crippen molar-refractivity contribution in [3.8, 4) is 0 Å². The summed E-state index contributed by atoms with van der Waals surface area (Å²) in [6.45, 7) is 10.7. The summed E-state index contributed by atoms with van der Waals surface area (Å²) in [6.07, 6.45) is 1.41. The van der Waals surface area contributed by atoms with Gasteiger partial charge in [-0.25, -0.2) is 9.97 Å². The molecular weight excluding hydrogens is 382 g/mol. The van der Waals surface area contributed by atoms with Gasteiger partial charge in [0.1, 0.15) is 11.6 Å². The smallest absolute Gasteiger partial charge is 0.269 e. The van der Waals surface area contributed by atoms with Gasteiger partial charge in [0.05, 0.1) is 4.92 Å². The number of anilines is 1. The van der Waals surface area contributed by atoms with Crippen LogP contribution in [0.3, 0.4) is 0 Å². The lowest BCUT2D eigenvalue weighted by Gasteiger charge is -2.36. The lowest BCUT2D eigenvalue weighted by Crippen LogP contribution is -2.48. The van der Waals surface area contributed by atoms with E-state index in [2.05, 4.69) is 18.7 Å². The van der Waals surface area contributed by atoms with E-state index in [4.69, 9.17) is 9.97 Å². The molecule has 0 N–H and O–H groups in total. The Bertz CT molecular complexity index is 919. The van der Waals surface area contributed by atoms with Crippen LogP contribution >= 0.6 is 0 Å². The van der Waals surface area contributed by atoms with E-state index in [1.165, 1.54) is 12.1 Å². The van der Waals surface area contributed by atoms with Gasteiger partial charge in [0, 0.05) is 69.3 Å². The van der Waals surface area contributed by atoms with E-state index in [1.807, 2.05) is 11.8 Å². The van der Waals surface area contributed by atoms with Crippen LogP contribution < -0.4 is 4.90 Å². The Morgan fingerprint density at radius 1 is 1.13 bits per heavy atom. The highest BCUT2D eigenvalue weighted by molar-refractivity contribution is 5.73. The molecule has 30 heavy (non-hydrogen) atoms. The minimum Gasteiger partial charge on any atom is -0.353 e. The minimum atomic E-state index is -0.390. The maximum atomic E-state index is 11.7. The molecule has 0 bridgehead atoms. The number of rotatable bonds is 6. The molecule has 1 aromatic carbocycles. The number of benzene rings is 1. The maximum absolute atomic E-state index is 11.7. The van der Waals surface area contributed by atoms with E-state index in [9.17, 15) is 14.9 Å². The first-order valence-corrected chi connectivity index (χ1v) is 10.3. The number of carbonyl (C=O) groups is 1. The first-order chi connectivity index (χ1) is 14.2. The molecule has 1 fully saturated rings. The number of nitrogens with zero attached hydrogens (tertiary/aromatic N) is 5. The fraction of sp³-hybridized carbons (Fsp3) is 0.500. The molecular formula is C22H29N5O3. The Morgan fingerprint density at radius 3 is 2.30 bits per heavy atom. The lowest BCUT2D eigenvalue weighted by molar-refractivity contribution is -0.384. The molecule has 1 aromatic heterocycles. The molecule has 0 saturated carbocycles. The highest BCUT2D eigenvalue weighted by Gasteiger charge is 2.24. The van der Waals surface area contributed by atoms with Crippen LogP contribution in [0.25, 0.3) is 0 Å². The van der Waals surface area contributed by atoms with Crippen molar-refractivity contribution in [1.29, 1.82) is 0 Å². The highest BCUT2D eigenvalue weighted by Crippen LogP contribution is 2.26. The minimum absolute atomic E-state index is 0.0829. The van der Waals surface area contributed by atoms with Gasteiger partial charge in [-0.2, -0.15) is 0 Å². The molecule has 0 radical (unpaired) electrons. The fourth-order valence-corrected chi connectivity index (χ4v) is 3.74. The van der Waals surface area contributed by atoms with Crippen LogP contribution in [0.4, 0.5) is 11.5 Å². The zero-order valence-electron chi connectivity index (χ0n) is 18.1. The predicted octanol–water partition coefficient (Wildman–Crippen LogP) is 3.15. The number of hydrogen-bond acceptors (Lipinski definition) is 6. The SMILES string of the molecule is CC(=O)N1CCN(c2nc(CC(C)C)nc(C)c2Cc2ccc([N+](=O)[O-])cc2)CC1. The standard InChI is InChI=1S/C22H29N5O3/c1-15(2)13-21-23-16(3)20(14-18-5-7-19(8-6-18)27(29)30)22(24-21)26-11-9-25(10-12-26)17(4)28/h5-8,15H,9-14H2,1-4H3. The summed E-state index contributed by atoms with van der Waals surface area (Å²) in [7, 11) is 0. The van der Waals surface area contributed by atoms with Crippen molar-refractivity contribution in [2.75, 3.05) is 31.1 Å². The third-order valence-corrected chi connectivity index (χ3v) is 5.38. The molecule has 160 valence electrons. The lowest BCUT2D eigenvalue weighted by atomic mass is 10.0. The van der Waals surface area contributed by atoms with Crippen molar-refractivity contribution in [2.45, 2.75) is 40.5 Å². The molecule has 0 spiro atoms. The zero-order valence-corrected chi connectivity index (χ0v) is 18.1. The van der Waals surface area contributed by atoms with Gasteiger partial charge in [0.25, 0.3) is 5.69 Å². The maximum Gasteiger partial charge on any atom is 0.269 e. The molecule has 2 aromatic rings. The number of piperazine rings is 1. The van der Waals surface area contributed by atoms with Crippen LogP contribution in [0.5, 0.6) is 0 Å². The summed E-state index contributed by atoms with van der Waals surface area (Å²) in [5.74, 6) is 2.30. The van der Waals surface area contributed by atoms with Crippen molar-refractivity contribution < 1.29 is 9.72 Å².